The van der Waals surface area contributed by atoms with Crippen molar-refractivity contribution in [2.24, 2.45) is 0 Å². The summed E-state index contributed by atoms with van der Waals surface area (Å²) in [5, 5.41) is 2.88. The molecule has 0 bridgehead atoms. The van der Waals surface area contributed by atoms with Crippen molar-refractivity contribution in [2.75, 3.05) is 25.0 Å². The van der Waals surface area contributed by atoms with Crippen LogP contribution in [-0.2, 0) is 14.9 Å². The fraction of sp³-hybridized carbons (Fsp3) is 0.467. The smallest absolute Gasteiger partial charge is 0.410 e. The highest BCUT2D eigenvalue weighted by Gasteiger charge is 2.25. The van der Waals surface area contributed by atoms with E-state index < -0.39 is 6.09 Å². The number of hydrogen-bond donors (Lipinski definition) is 1. The van der Waals surface area contributed by atoms with Gasteiger partial charge in [-0.3, -0.25) is 9.69 Å². The van der Waals surface area contributed by atoms with Crippen LogP contribution >= 0.6 is 0 Å². The summed E-state index contributed by atoms with van der Waals surface area (Å²) in [7, 11) is 0. The van der Waals surface area contributed by atoms with Crippen molar-refractivity contribution in [1.82, 2.24) is 4.90 Å². The van der Waals surface area contributed by atoms with Crippen molar-refractivity contribution < 1.29 is 14.3 Å². The molecule has 0 saturated carbocycles. The largest absolute Gasteiger partial charge is 0.448 e. The van der Waals surface area contributed by atoms with Gasteiger partial charge in [0.2, 0.25) is 5.91 Å². The molecule has 1 aliphatic heterocycles. The molecule has 1 fully saturated rings. The minimum atomic E-state index is -0.427. The molecule has 1 N–H and O–H groups in total. The number of amides is 2. The number of carbonyl (C=O) groups is 2. The third kappa shape index (κ3) is 3.29. The fourth-order valence-corrected chi connectivity index (χ4v) is 2.18. The fourth-order valence-electron chi connectivity index (χ4n) is 2.18. The molecule has 1 aliphatic rings. The van der Waals surface area contributed by atoms with Crippen LogP contribution in [0.4, 0.5) is 10.5 Å². The summed E-state index contributed by atoms with van der Waals surface area (Å²) in [5.41, 5.74) is 1.80. The highest BCUT2D eigenvalue weighted by atomic mass is 16.6. The Hall–Kier alpha value is -2.04. The monoisotopic (exact) mass is 276 g/mol. The van der Waals surface area contributed by atoms with Crippen molar-refractivity contribution in [2.45, 2.75) is 26.2 Å². The highest BCUT2D eigenvalue weighted by Crippen LogP contribution is 2.29. The standard InChI is InChI=1S/C15H20N2O3/c1-15(2,3)11-6-4-5-7-12(11)16-13(18)10-17-8-9-20-14(17)19/h4-7H,8-10H2,1-3H3,(H,16,18). The second kappa shape index (κ2) is 5.53. The van der Waals surface area contributed by atoms with Crippen molar-refractivity contribution in [3.8, 4) is 0 Å². The number of benzene rings is 1. The summed E-state index contributed by atoms with van der Waals surface area (Å²) in [6.07, 6.45) is -0.427. The van der Waals surface area contributed by atoms with Gasteiger partial charge >= 0.3 is 6.09 Å². The number of cyclic esters (lactones) is 1. The Morgan fingerprint density at radius 2 is 2.05 bits per heavy atom. The summed E-state index contributed by atoms with van der Waals surface area (Å²) in [6, 6.07) is 7.71. The lowest BCUT2D eigenvalue weighted by molar-refractivity contribution is -0.116. The van der Waals surface area contributed by atoms with Gasteiger partial charge in [0, 0.05) is 5.69 Å². The zero-order valence-electron chi connectivity index (χ0n) is 12.1. The molecule has 1 aromatic rings. The Kier molecular flexibility index (Phi) is 3.97. The molecule has 0 aliphatic carbocycles. The number of nitrogens with one attached hydrogen (secondary N) is 1. The number of carbonyl (C=O) groups excluding carboxylic acids is 2. The van der Waals surface area contributed by atoms with Crippen molar-refractivity contribution >= 4 is 17.7 Å². The summed E-state index contributed by atoms with van der Waals surface area (Å²) in [6.45, 7) is 7.12. The first-order chi connectivity index (χ1) is 9.38. The summed E-state index contributed by atoms with van der Waals surface area (Å²) in [4.78, 5) is 24.7. The van der Waals surface area contributed by atoms with E-state index in [2.05, 4.69) is 26.1 Å². The summed E-state index contributed by atoms with van der Waals surface area (Å²) < 4.78 is 4.80. The molecule has 5 heteroatoms. The van der Waals surface area contributed by atoms with Gasteiger partial charge in [0.25, 0.3) is 0 Å². The second-order valence-electron chi connectivity index (χ2n) is 5.88. The van der Waals surface area contributed by atoms with Crippen molar-refractivity contribution in [3.05, 3.63) is 29.8 Å². The van der Waals surface area contributed by atoms with Gasteiger partial charge in [-0.1, -0.05) is 39.0 Å². The lowest BCUT2D eigenvalue weighted by Gasteiger charge is -2.23. The van der Waals surface area contributed by atoms with Gasteiger partial charge in [-0.2, -0.15) is 0 Å². The number of ether oxygens (including phenoxy) is 1. The third-order valence-electron chi connectivity index (χ3n) is 3.19. The van der Waals surface area contributed by atoms with E-state index in [0.717, 1.165) is 11.3 Å². The van der Waals surface area contributed by atoms with Crippen LogP contribution < -0.4 is 5.32 Å². The van der Waals surface area contributed by atoms with Crippen LogP contribution in [0.25, 0.3) is 0 Å². The molecule has 20 heavy (non-hydrogen) atoms. The lowest BCUT2D eigenvalue weighted by atomic mass is 9.86. The molecular weight excluding hydrogens is 256 g/mol. The van der Waals surface area contributed by atoms with Gasteiger partial charge < -0.3 is 10.1 Å². The van der Waals surface area contributed by atoms with E-state index in [0.29, 0.717) is 13.2 Å². The Labute approximate surface area is 118 Å². The lowest BCUT2D eigenvalue weighted by Crippen LogP contribution is -2.34. The van der Waals surface area contributed by atoms with E-state index in [1.54, 1.807) is 0 Å². The van der Waals surface area contributed by atoms with Crippen LogP contribution in [0.3, 0.4) is 0 Å². The average molecular weight is 276 g/mol. The number of para-hydroxylation sites is 1. The quantitative estimate of drug-likeness (QED) is 0.922. The molecule has 1 aromatic carbocycles. The van der Waals surface area contributed by atoms with Crippen LogP contribution in [0, 0.1) is 0 Å². The maximum atomic E-state index is 12.0. The molecule has 2 rings (SSSR count). The van der Waals surface area contributed by atoms with Crippen LogP contribution in [0.1, 0.15) is 26.3 Å². The van der Waals surface area contributed by atoms with Gasteiger partial charge in [0.05, 0.1) is 6.54 Å². The molecule has 0 unspecified atom stereocenters. The Bertz CT molecular complexity index is 520. The van der Waals surface area contributed by atoms with Gasteiger partial charge in [-0.15, -0.1) is 0 Å². The van der Waals surface area contributed by atoms with Gasteiger partial charge in [-0.25, -0.2) is 4.79 Å². The van der Waals surface area contributed by atoms with E-state index >= 15 is 0 Å². The molecule has 0 spiro atoms. The van der Waals surface area contributed by atoms with E-state index in [1.807, 2.05) is 24.3 Å². The zero-order chi connectivity index (χ0) is 14.8. The molecule has 1 heterocycles. The molecule has 2 amide bonds. The SMILES string of the molecule is CC(C)(C)c1ccccc1NC(=O)CN1CCOC1=O. The number of rotatable bonds is 3. The first kappa shape index (κ1) is 14.4. The predicted octanol–water partition coefficient (Wildman–Crippen LogP) is 2.37. The number of nitrogens with zero attached hydrogens (tertiary/aromatic N) is 1. The predicted molar refractivity (Wildman–Crippen MR) is 76.7 cm³/mol. The van der Waals surface area contributed by atoms with Crippen LogP contribution in [0.2, 0.25) is 0 Å². The van der Waals surface area contributed by atoms with Crippen molar-refractivity contribution in [1.29, 1.82) is 0 Å². The molecule has 108 valence electrons. The van der Waals surface area contributed by atoms with Gasteiger partial charge in [0.1, 0.15) is 13.2 Å². The van der Waals surface area contributed by atoms with Crippen LogP contribution in [0.5, 0.6) is 0 Å². The van der Waals surface area contributed by atoms with Crippen LogP contribution in [0.15, 0.2) is 24.3 Å². The normalized spacial score (nSPS) is 15.2. The number of hydrogen-bond acceptors (Lipinski definition) is 3. The summed E-state index contributed by atoms with van der Waals surface area (Å²) in [5.74, 6) is -0.208. The molecular formula is C15H20N2O3. The topological polar surface area (TPSA) is 58.6 Å². The van der Waals surface area contributed by atoms with E-state index in [9.17, 15) is 9.59 Å². The average Bonchev–Trinajstić information content (AvgIpc) is 2.74. The van der Waals surface area contributed by atoms with E-state index in [-0.39, 0.29) is 17.9 Å². The Morgan fingerprint density at radius 1 is 1.35 bits per heavy atom. The zero-order valence-corrected chi connectivity index (χ0v) is 12.1. The molecule has 5 nitrogen and oxygen atoms in total. The third-order valence-corrected chi connectivity index (χ3v) is 3.19. The van der Waals surface area contributed by atoms with Crippen molar-refractivity contribution in [3.63, 3.8) is 0 Å². The first-order valence-corrected chi connectivity index (χ1v) is 6.69. The van der Waals surface area contributed by atoms with E-state index in [1.165, 1.54) is 4.90 Å². The first-order valence-electron chi connectivity index (χ1n) is 6.69. The molecule has 1 saturated heterocycles. The minimum absolute atomic E-state index is 0.0251. The summed E-state index contributed by atoms with van der Waals surface area (Å²) >= 11 is 0. The highest BCUT2D eigenvalue weighted by molar-refractivity contribution is 5.94. The maximum Gasteiger partial charge on any atom is 0.410 e. The molecule has 0 atom stereocenters. The Morgan fingerprint density at radius 3 is 2.65 bits per heavy atom. The van der Waals surface area contributed by atoms with Gasteiger partial charge in [0.15, 0.2) is 0 Å². The van der Waals surface area contributed by atoms with Gasteiger partial charge in [-0.05, 0) is 17.0 Å². The Balaban J connectivity index is 2.06. The second-order valence-corrected chi connectivity index (χ2v) is 5.88. The van der Waals surface area contributed by atoms with Crippen LogP contribution in [-0.4, -0.2) is 36.6 Å². The number of anilines is 1. The maximum absolute atomic E-state index is 12.0. The molecule has 0 radical (unpaired) electrons. The molecule has 0 aromatic heterocycles. The van der Waals surface area contributed by atoms with E-state index in [4.69, 9.17) is 4.74 Å². The minimum Gasteiger partial charge on any atom is -0.448 e.